The van der Waals surface area contributed by atoms with Gasteiger partial charge in [0.2, 0.25) is 0 Å². The lowest BCUT2D eigenvalue weighted by Gasteiger charge is -2.07. The molecule has 7 heteroatoms. The van der Waals surface area contributed by atoms with Gasteiger partial charge in [0.05, 0.1) is 5.52 Å². The number of oxazole rings is 1. The van der Waals surface area contributed by atoms with Crippen LogP contribution in [-0.4, -0.2) is 17.1 Å². The fourth-order valence-electron chi connectivity index (χ4n) is 2.22. The zero-order chi connectivity index (χ0) is 17.1. The Balaban J connectivity index is 1.56. The molecule has 0 aliphatic carbocycles. The third kappa shape index (κ3) is 3.60. The van der Waals surface area contributed by atoms with Crippen molar-refractivity contribution in [2.24, 2.45) is 7.05 Å². The normalized spacial score (nSPS) is 10.8. The number of ether oxygens (including phenoxy) is 1. The van der Waals surface area contributed by atoms with E-state index in [2.05, 4.69) is 5.32 Å². The lowest BCUT2D eigenvalue weighted by Crippen LogP contribution is -2.28. The highest BCUT2D eigenvalue weighted by molar-refractivity contribution is 6.30. The van der Waals surface area contributed by atoms with Crippen LogP contribution in [-0.2, 0) is 18.4 Å². The van der Waals surface area contributed by atoms with Gasteiger partial charge in [-0.25, -0.2) is 4.79 Å². The molecule has 0 atom stereocenters. The van der Waals surface area contributed by atoms with E-state index in [0.717, 1.165) is 5.56 Å². The van der Waals surface area contributed by atoms with Gasteiger partial charge in [0.15, 0.2) is 12.2 Å². The molecule has 6 nitrogen and oxygen atoms in total. The Bertz CT molecular complexity index is 928. The van der Waals surface area contributed by atoms with Gasteiger partial charge in [0, 0.05) is 18.6 Å². The number of nitrogens with zero attached hydrogens (tertiary/aromatic N) is 1. The number of halogens is 1. The van der Waals surface area contributed by atoms with Gasteiger partial charge in [0.1, 0.15) is 5.75 Å². The van der Waals surface area contributed by atoms with Crippen LogP contribution in [0.15, 0.2) is 51.7 Å². The van der Waals surface area contributed by atoms with Crippen LogP contribution in [0.4, 0.5) is 0 Å². The lowest BCUT2D eigenvalue weighted by molar-refractivity contribution is -0.123. The van der Waals surface area contributed by atoms with Gasteiger partial charge in [-0.3, -0.25) is 9.36 Å². The summed E-state index contributed by atoms with van der Waals surface area (Å²) in [6.45, 7) is 0.224. The summed E-state index contributed by atoms with van der Waals surface area (Å²) in [5.74, 6) is -0.0934. The Kier molecular flexibility index (Phi) is 4.57. The Morgan fingerprint density at radius 1 is 1.25 bits per heavy atom. The van der Waals surface area contributed by atoms with E-state index < -0.39 is 5.76 Å². The molecule has 2 aromatic carbocycles. The molecular formula is C17H15ClN2O4. The molecule has 0 spiro atoms. The number of nitrogens with one attached hydrogen (secondary N) is 1. The second-order valence-corrected chi connectivity index (χ2v) is 5.68. The number of hydrogen-bond acceptors (Lipinski definition) is 4. The zero-order valence-corrected chi connectivity index (χ0v) is 13.7. The van der Waals surface area contributed by atoms with Gasteiger partial charge in [-0.1, -0.05) is 17.7 Å². The quantitative estimate of drug-likeness (QED) is 0.770. The maximum Gasteiger partial charge on any atom is 0.419 e. The number of aromatic nitrogens is 1. The molecule has 124 valence electrons. The monoisotopic (exact) mass is 346 g/mol. The molecule has 0 unspecified atom stereocenters. The molecular weight excluding hydrogens is 332 g/mol. The third-order valence-corrected chi connectivity index (χ3v) is 3.78. The minimum absolute atomic E-state index is 0.0930. The molecule has 0 saturated heterocycles. The van der Waals surface area contributed by atoms with Crippen molar-refractivity contribution < 1.29 is 13.9 Å². The minimum Gasteiger partial charge on any atom is -0.484 e. The number of benzene rings is 2. The van der Waals surface area contributed by atoms with E-state index in [0.29, 0.717) is 28.4 Å². The third-order valence-electron chi connectivity index (χ3n) is 3.53. The fourth-order valence-corrected chi connectivity index (χ4v) is 2.35. The van der Waals surface area contributed by atoms with Gasteiger partial charge in [0.25, 0.3) is 5.91 Å². The number of hydrogen-bond donors (Lipinski definition) is 1. The highest BCUT2D eigenvalue weighted by atomic mass is 35.5. The number of aryl methyl sites for hydroxylation is 1. The summed E-state index contributed by atoms with van der Waals surface area (Å²) in [6, 6.07) is 12.1. The van der Waals surface area contributed by atoms with Gasteiger partial charge in [-0.15, -0.1) is 0 Å². The molecule has 3 rings (SSSR count). The molecule has 0 saturated carbocycles. The first-order chi connectivity index (χ1) is 11.5. The van der Waals surface area contributed by atoms with E-state index in [1.54, 1.807) is 43.4 Å². The van der Waals surface area contributed by atoms with Crippen LogP contribution in [0.25, 0.3) is 11.1 Å². The largest absolute Gasteiger partial charge is 0.484 e. The number of rotatable bonds is 5. The van der Waals surface area contributed by atoms with Crippen molar-refractivity contribution in [3.8, 4) is 5.75 Å². The zero-order valence-electron chi connectivity index (χ0n) is 12.9. The predicted molar refractivity (Wildman–Crippen MR) is 90.2 cm³/mol. The van der Waals surface area contributed by atoms with Crippen LogP contribution in [0, 0.1) is 0 Å². The number of carbonyl (C=O) groups is 1. The smallest absolute Gasteiger partial charge is 0.419 e. The fraction of sp³-hybridized carbons (Fsp3) is 0.176. The summed E-state index contributed by atoms with van der Waals surface area (Å²) in [4.78, 5) is 23.3. The van der Waals surface area contributed by atoms with Crippen LogP contribution in [0.2, 0.25) is 5.02 Å². The summed E-state index contributed by atoms with van der Waals surface area (Å²) in [6.07, 6.45) is 0. The average molecular weight is 347 g/mol. The molecule has 3 aromatic rings. The van der Waals surface area contributed by atoms with Crippen molar-refractivity contribution in [1.82, 2.24) is 9.88 Å². The first-order valence-electron chi connectivity index (χ1n) is 7.26. The second-order valence-electron chi connectivity index (χ2n) is 5.25. The summed E-state index contributed by atoms with van der Waals surface area (Å²) < 4.78 is 11.9. The standard InChI is InChI=1S/C17H15ClN2O4/c1-20-14-7-2-11(8-15(14)24-17(20)22)9-19-16(21)10-23-13-5-3-12(18)4-6-13/h2-8H,9-10H2,1H3,(H,19,21). The van der Waals surface area contributed by atoms with Crippen LogP contribution in [0.3, 0.4) is 0 Å². The van der Waals surface area contributed by atoms with Crippen LogP contribution in [0.1, 0.15) is 5.56 Å². The molecule has 0 fully saturated rings. The predicted octanol–water partition coefficient (Wildman–Crippen LogP) is 2.48. The maximum absolute atomic E-state index is 11.8. The molecule has 1 amide bonds. The second kappa shape index (κ2) is 6.80. The highest BCUT2D eigenvalue weighted by Gasteiger charge is 2.08. The van der Waals surface area contributed by atoms with Crippen LogP contribution in [0.5, 0.6) is 5.75 Å². The van der Waals surface area contributed by atoms with Crippen LogP contribution < -0.4 is 15.8 Å². The first kappa shape index (κ1) is 16.1. The molecule has 0 aliphatic heterocycles. The van der Waals surface area contributed by atoms with E-state index in [-0.39, 0.29) is 12.5 Å². The maximum atomic E-state index is 11.8. The average Bonchev–Trinajstić information content (AvgIpc) is 2.86. The first-order valence-corrected chi connectivity index (χ1v) is 7.64. The van der Waals surface area contributed by atoms with E-state index in [9.17, 15) is 9.59 Å². The van der Waals surface area contributed by atoms with E-state index in [1.807, 2.05) is 6.07 Å². The molecule has 24 heavy (non-hydrogen) atoms. The van der Waals surface area contributed by atoms with Crippen molar-refractivity contribution >= 4 is 28.6 Å². The minimum atomic E-state index is -0.414. The van der Waals surface area contributed by atoms with Crippen molar-refractivity contribution in [1.29, 1.82) is 0 Å². The summed E-state index contributed by atoms with van der Waals surface area (Å²) >= 11 is 5.78. The van der Waals surface area contributed by atoms with E-state index in [4.69, 9.17) is 20.8 Å². The van der Waals surface area contributed by atoms with Crippen molar-refractivity contribution in [3.05, 3.63) is 63.6 Å². The highest BCUT2D eigenvalue weighted by Crippen LogP contribution is 2.16. The van der Waals surface area contributed by atoms with Crippen molar-refractivity contribution in [3.63, 3.8) is 0 Å². The van der Waals surface area contributed by atoms with Gasteiger partial charge >= 0.3 is 5.76 Å². The Labute approximate surface area is 142 Å². The molecule has 1 heterocycles. The Morgan fingerprint density at radius 2 is 2.00 bits per heavy atom. The van der Waals surface area contributed by atoms with Gasteiger partial charge < -0.3 is 14.5 Å². The number of carbonyl (C=O) groups excluding carboxylic acids is 1. The van der Waals surface area contributed by atoms with Crippen LogP contribution >= 0.6 is 11.6 Å². The Hall–Kier alpha value is -2.73. The number of amides is 1. The molecule has 0 radical (unpaired) electrons. The molecule has 0 aliphatic rings. The van der Waals surface area contributed by atoms with Gasteiger partial charge in [-0.2, -0.15) is 0 Å². The number of fused-ring (bicyclic) bond motifs is 1. The SMILES string of the molecule is Cn1c(=O)oc2cc(CNC(=O)COc3ccc(Cl)cc3)ccc21. The topological polar surface area (TPSA) is 73.5 Å². The molecule has 0 bridgehead atoms. The van der Waals surface area contributed by atoms with E-state index in [1.165, 1.54) is 4.57 Å². The lowest BCUT2D eigenvalue weighted by atomic mass is 10.2. The van der Waals surface area contributed by atoms with Crippen molar-refractivity contribution in [2.75, 3.05) is 6.61 Å². The summed E-state index contributed by atoms with van der Waals surface area (Å²) in [7, 11) is 1.64. The molecule has 1 aromatic heterocycles. The summed E-state index contributed by atoms with van der Waals surface area (Å²) in [5.41, 5.74) is 2.03. The van der Waals surface area contributed by atoms with Gasteiger partial charge in [-0.05, 0) is 42.0 Å². The summed E-state index contributed by atoms with van der Waals surface area (Å²) in [5, 5.41) is 3.36. The van der Waals surface area contributed by atoms with Crippen molar-refractivity contribution in [2.45, 2.75) is 6.54 Å². The Morgan fingerprint density at radius 3 is 2.75 bits per heavy atom. The van der Waals surface area contributed by atoms with E-state index >= 15 is 0 Å². The molecule has 1 N–H and O–H groups in total.